The van der Waals surface area contributed by atoms with Gasteiger partial charge in [0.2, 0.25) is 15.9 Å². The molecule has 2 rings (SSSR count). The van der Waals surface area contributed by atoms with E-state index in [2.05, 4.69) is 21.2 Å². The summed E-state index contributed by atoms with van der Waals surface area (Å²) >= 11 is 3.33. The van der Waals surface area contributed by atoms with Crippen LogP contribution < -0.4 is 14.4 Å². The fourth-order valence-electron chi connectivity index (χ4n) is 2.55. The lowest BCUT2D eigenvalue weighted by Gasteiger charge is -2.24. The number of benzene rings is 2. The predicted molar refractivity (Wildman–Crippen MR) is 106 cm³/mol. The molecule has 0 aliphatic rings. The summed E-state index contributed by atoms with van der Waals surface area (Å²) in [5, 5.41) is 2.82. The van der Waals surface area contributed by atoms with Crippen LogP contribution in [0, 0.1) is 0 Å². The number of ether oxygens (including phenoxy) is 1. The molecule has 26 heavy (non-hydrogen) atoms. The fourth-order valence-corrected chi connectivity index (χ4v) is 4.04. The molecule has 0 bridgehead atoms. The van der Waals surface area contributed by atoms with Gasteiger partial charge in [0.25, 0.3) is 0 Å². The van der Waals surface area contributed by atoms with E-state index in [4.69, 9.17) is 4.74 Å². The van der Waals surface area contributed by atoms with Gasteiger partial charge in [-0.25, -0.2) is 8.42 Å². The van der Waals surface area contributed by atoms with Crippen LogP contribution in [0.2, 0.25) is 0 Å². The Bertz CT molecular complexity index is 886. The number of carbonyl (C=O) groups excluding carboxylic acids is 1. The summed E-state index contributed by atoms with van der Waals surface area (Å²) in [7, 11) is -2.07. The van der Waals surface area contributed by atoms with E-state index in [9.17, 15) is 13.2 Å². The van der Waals surface area contributed by atoms with E-state index >= 15 is 0 Å². The monoisotopic (exact) mass is 440 g/mol. The molecule has 0 radical (unpaired) electrons. The van der Waals surface area contributed by atoms with Crippen LogP contribution in [0.3, 0.4) is 0 Å². The molecule has 2 aromatic carbocycles. The molecule has 8 heteroatoms. The van der Waals surface area contributed by atoms with Crippen molar-refractivity contribution < 1.29 is 17.9 Å². The smallest absolute Gasteiger partial charge is 0.241 e. The third-order valence-corrected chi connectivity index (χ3v) is 5.59. The molecule has 1 N–H and O–H groups in total. The van der Waals surface area contributed by atoms with E-state index in [0.29, 0.717) is 15.9 Å². The Morgan fingerprint density at radius 3 is 2.42 bits per heavy atom. The summed E-state index contributed by atoms with van der Waals surface area (Å²) in [4.78, 5) is 12.5. The number of methoxy groups -OCH3 is 1. The highest BCUT2D eigenvalue weighted by Gasteiger charge is 2.24. The topological polar surface area (TPSA) is 75.7 Å². The Kier molecular flexibility index (Phi) is 6.66. The first kappa shape index (κ1) is 20.3. The molecule has 2 aromatic rings. The van der Waals surface area contributed by atoms with E-state index in [0.717, 1.165) is 16.1 Å². The van der Waals surface area contributed by atoms with Crippen molar-refractivity contribution in [2.45, 2.75) is 13.0 Å². The van der Waals surface area contributed by atoms with Crippen molar-refractivity contribution in [1.29, 1.82) is 0 Å². The molecule has 140 valence electrons. The van der Waals surface area contributed by atoms with Crippen LogP contribution in [0.4, 0.5) is 5.69 Å². The molecule has 0 fully saturated rings. The maximum absolute atomic E-state index is 12.5. The second-order valence-corrected chi connectivity index (χ2v) is 8.51. The van der Waals surface area contributed by atoms with E-state index in [1.165, 1.54) is 0 Å². The quantitative estimate of drug-likeness (QED) is 0.717. The van der Waals surface area contributed by atoms with Crippen molar-refractivity contribution in [3.05, 3.63) is 58.6 Å². The van der Waals surface area contributed by atoms with Gasteiger partial charge >= 0.3 is 0 Å². The lowest BCUT2D eigenvalue weighted by molar-refractivity contribution is -0.120. The fraction of sp³-hybridized carbons (Fsp3) is 0.278. The second kappa shape index (κ2) is 8.55. The Labute approximate surface area is 162 Å². The van der Waals surface area contributed by atoms with Crippen molar-refractivity contribution >= 4 is 37.5 Å². The van der Waals surface area contributed by atoms with Gasteiger partial charge in [-0.2, -0.15) is 0 Å². The van der Waals surface area contributed by atoms with Crippen LogP contribution >= 0.6 is 15.9 Å². The van der Waals surface area contributed by atoms with Crippen LogP contribution in [0.5, 0.6) is 5.75 Å². The number of para-hydroxylation sites is 2. The number of sulfonamides is 1. The molecule has 0 aliphatic carbocycles. The van der Waals surface area contributed by atoms with Crippen LogP contribution in [-0.4, -0.2) is 34.2 Å². The van der Waals surface area contributed by atoms with Gasteiger partial charge < -0.3 is 10.1 Å². The molecular weight excluding hydrogens is 420 g/mol. The predicted octanol–water partition coefficient (Wildman–Crippen LogP) is 3.10. The summed E-state index contributed by atoms with van der Waals surface area (Å²) in [6.45, 7) is 1.50. The molecule has 0 spiro atoms. The molecular formula is C18H21BrN2O4S. The summed E-state index contributed by atoms with van der Waals surface area (Å²) in [5.41, 5.74) is 1.23. The largest absolute Gasteiger partial charge is 0.496 e. The van der Waals surface area contributed by atoms with Crippen LogP contribution in [-0.2, 0) is 14.8 Å². The zero-order valence-electron chi connectivity index (χ0n) is 14.8. The standard InChI is InChI=1S/C18H21BrN2O4S/c1-13(14-8-4-7-11-17(14)25-2)20-18(22)12-21(26(3,23)24)16-10-6-5-9-15(16)19/h4-11,13H,12H2,1-3H3,(H,20,22)/t13-/m1/s1. The Hall–Kier alpha value is -2.06. The van der Waals surface area contributed by atoms with E-state index in [1.54, 1.807) is 31.4 Å². The number of carbonyl (C=O) groups is 1. The van der Waals surface area contributed by atoms with Gasteiger partial charge in [-0.15, -0.1) is 0 Å². The van der Waals surface area contributed by atoms with E-state index in [-0.39, 0.29) is 12.6 Å². The van der Waals surface area contributed by atoms with Crippen molar-refractivity contribution in [1.82, 2.24) is 5.32 Å². The SMILES string of the molecule is COc1ccccc1[C@@H](C)NC(=O)CN(c1ccccc1Br)S(C)(=O)=O. The lowest BCUT2D eigenvalue weighted by atomic mass is 10.1. The zero-order valence-corrected chi connectivity index (χ0v) is 17.2. The normalized spacial score (nSPS) is 12.3. The highest BCUT2D eigenvalue weighted by molar-refractivity contribution is 9.10. The second-order valence-electron chi connectivity index (χ2n) is 5.75. The maximum atomic E-state index is 12.5. The highest BCUT2D eigenvalue weighted by Crippen LogP contribution is 2.28. The van der Waals surface area contributed by atoms with Crippen molar-refractivity contribution in [2.75, 3.05) is 24.2 Å². The molecule has 6 nitrogen and oxygen atoms in total. The Morgan fingerprint density at radius 1 is 1.19 bits per heavy atom. The molecule has 0 saturated carbocycles. The van der Waals surface area contributed by atoms with Gasteiger partial charge in [-0.05, 0) is 41.1 Å². The minimum atomic E-state index is -3.63. The summed E-state index contributed by atoms with van der Waals surface area (Å²) in [6.07, 6.45) is 1.07. The van der Waals surface area contributed by atoms with Gasteiger partial charge in [0.05, 0.1) is 25.1 Å². The van der Waals surface area contributed by atoms with Gasteiger partial charge in [0.1, 0.15) is 12.3 Å². The number of nitrogens with zero attached hydrogens (tertiary/aromatic N) is 1. The summed E-state index contributed by atoms with van der Waals surface area (Å²) in [6, 6.07) is 13.9. The summed E-state index contributed by atoms with van der Waals surface area (Å²) in [5.74, 6) is 0.246. The number of halogens is 1. The molecule has 0 heterocycles. The number of anilines is 1. The third-order valence-electron chi connectivity index (χ3n) is 3.79. The molecule has 1 atom stereocenters. The third kappa shape index (κ3) is 4.98. The first-order chi connectivity index (χ1) is 12.2. The minimum absolute atomic E-state index is 0.319. The molecule has 0 saturated heterocycles. The summed E-state index contributed by atoms with van der Waals surface area (Å²) < 4.78 is 31.3. The van der Waals surface area contributed by atoms with E-state index in [1.807, 2.05) is 31.2 Å². The Morgan fingerprint density at radius 2 is 1.81 bits per heavy atom. The zero-order chi connectivity index (χ0) is 19.3. The van der Waals surface area contributed by atoms with Crippen LogP contribution in [0.15, 0.2) is 53.0 Å². The number of rotatable bonds is 7. The van der Waals surface area contributed by atoms with Gasteiger partial charge in [-0.1, -0.05) is 30.3 Å². The first-order valence-electron chi connectivity index (χ1n) is 7.88. The van der Waals surface area contributed by atoms with Crippen LogP contribution in [0.25, 0.3) is 0 Å². The van der Waals surface area contributed by atoms with Gasteiger partial charge in [0.15, 0.2) is 0 Å². The lowest BCUT2D eigenvalue weighted by Crippen LogP contribution is -2.41. The van der Waals surface area contributed by atoms with E-state index < -0.39 is 15.9 Å². The molecule has 0 unspecified atom stereocenters. The Balaban J connectivity index is 2.19. The maximum Gasteiger partial charge on any atom is 0.241 e. The van der Waals surface area contributed by atoms with Gasteiger partial charge in [0, 0.05) is 10.0 Å². The average Bonchev–Trinajstić information content (AvgIpc) is 2.59. The molecule has 1 amide bonds. The van der Waals surface area contributed by atoms with Crippen molar-refractivity contribution in [3.63, 3.8) is 0 Å². The van der Waals surface area contributed by atoms with Crippen LogP contribution in [0.1, 0.15) is 18.5 Å². The number of hydrogen-bond acceptors (Lipinski definition) is 4. The minimum Gasteiger partial charge on any atom is -0.496 e. The molecule has 0 aliphatic heterocycles. The van der Waals surface area contributed by atoms with Crippen molar-refractivity contribution in [2.24, 2.45) is 0 Å². The number of amides is 1. The number of hydrogen-bond donors (Lipinski definition) is 1. The van der Waals surface area contributed by atoms with Crippen molar-refractivity contribution in [3.8, 4) is 5.75 Å². The molecule has 0 aromatic heterocycles. The first-order valence-corrected chi connectivity index (χ1v) is 10.5. The average molecular weight is 441 g/mol. The highest BCUT2D eigenvalue weighted by atomic mass is 79.9. The van der Waals surface area contributed by atoms with Gasteiger partial charge in [-0.3, -0.25) is 9.10 Å². The number of nitrogens with one attached hydrogen (secondary N) is 1.